The van der Waals surface area contributed by atoms with Gasteiger partial charge >= 0.3 is 0 Å². The normalized spacial score (nSPS) is 10.9. The Morgan fingerprint density at radius 3 is 2.67 bits per heavy atom. The minimum atomic E-state index is 0.264. The Balaban J connectivity index is 3.32. The molecule has 0 amide bonds. The van der Waals surface area contributed by atoms with Gasteiger partial charge in [-0.25, -0.2) is 0 Å². The highest BCUT2D eigenvalue weighted by molar-refractivity contribution is 6.32. The molecule has 1 N–H and O–H groups in total. The second-order valence-electron chi connectivity index (χ2n) is 2.63. The smallest absolute Gasteiger partial charge is 0.127 e. The molecule has 12 heavy (non-hydrogen) atoms. The topological polar surface area (TPSA) is 20.2 Å². The van der Waals surface area contributed by atoms with Crippen molar-refractivity contribution in [3.05, 3.63) is 34.4 Å². The van der Waals surface area contributed by atoms with Crippen LogP contribution in [-0.2, 0) is 0 Å². The fourth-order valence-corrected chi connectivity index (χ4v) is 1.23. The quantitative estimate of drug-likeness (QED) is 0.706. The molecule has 0 aliphatic rings. The number of aryl methyl sites for hydroxylation is 1. The Labute approximate surface area is 77.3 Å². The first-order chi connectivity index (χ1) is 5.66. The van der Waals surface area contributed by atoms with Crippen molar-refractivity contribution in [3.8, 4) is 5.75 Å². The van der Waals surface area contributed by atoms with E-state index in [2.05, 4.69) is 0 Å². The first-order valence-electron chi connectivity index (χ1n) is 3.77. The highest BCUT2D eigenvalue weighted by atomic mass is 35.5. The van der Waals surface area contributed by atoms with Crippen molar-refractivity contribution < 1.29 is 5.11 Å². The number of aromatic hydroxyl groups is 1. The fourth-order valence-electron chi connectivity index (χ4n) is 1.02. The molecule has 0 radical (unpaired) electrons. The van der Waals surface area contributed by atoms with Gasteiger partial charge in [-0.2, -0.15) is 0 Å². The first-order valence-corrected chi connectivity index (χ1v) is 4.15. The predicted octanol–water partition coefficient (Wildman–Crippen LogP) is 3.39. The maximum absolute atomic E-state index is 9.57. The summed E-state index contributed by atoms with van der Waals surface area (Å²) in [6.45, 7) is 3.73. The Hall–Kier alpha value is -0.950. The maximum Gasteiger partial charge on any atom is 0.127 e. The van der Waals surface area contributed by atoms with Crippen molar-refractivity contribution in [2.45, 2.75) is 13.8 Å². The van der Waals surface area contributed by atoms with Crippen LogP contribution in [0.4, 0.5) is 0 Å². The lowest BCUT2D eigenvalue weighted by Crippen LogP contribution is -1.81. The number of benzene rings is 1. The molecule has 0 saturated carbocycles. The van der Waals surface area contributed by atoms with Gasteiger partial charge in [0, 0.05) is 5.56 Å². The summed E-state index contributed by atoms with van der Waals surface area (Å²) in [5.41, 5.74) is 1.53. The molecule has 1 aromatic rings. The van der Waals surface area contributed by atoms with E-state index in [1.54, 1.807) is 18.2 Å². The van der Waals surface area contributed by atoms with Gasteiger partial charge < -0.3 is 5.11 Å². The number of hydrogen-bond donors (Lipinski definition) is 1. The van der Waals surface area contributed by atoms with Gasteiger partial charge in [-0.15, -0.1) is 0 Å². The van der Waals surface area contributed by atoms with Crippen molar-refractivity contribution in [2.24, 2.45) is 0 Å². The summed E-state index contributed by atoms with van der Waals surface area (Å²) < 4.78 is 0. The van der Waals surface area contributed by atoms with E-state index in [1.807, 2.05) is 19.9 Å². The molecule has 0 atom stereocenters. The second-order valence-corrected chi connectivity index (χ2v) is 3.03. The van der Waals surface area contributed by atoms with Gasteiger partial charge in [-0.1, -0.05) is 29.8 Å². The fraction of sp³-hybridized carbons (Fsp3) is 0.200. The minimum Gasteiger partial charge on any atom is -0.507 e. The zero-order valence-electron chi connectivity index (χ0n) is 7.13. The van der Waals surface area contributed by atoms with Gasteiger partial charge in [0.2, 0.25) is 0 Å². The van der Waals surface area contributed by atoms with Gasteiger partial charge in [0.05, 0.1) is 5.02 Å². The van der Waals surface area contributed by atoms with Gasteiger partial charge in [0.15, 0.2) is 0 Å². The van der Waals surface area contributed by atoms with Crippen LogP contribution in [0.25, 0.3) is 6.08 Å². The highest BCUT2D eigenvalue weighted by Crippen LogP contribution is 2.29. The largest absolute Gasteiger partial charge is 0.507 e. The number of hydrogen-bond acceptors (Lipinski definition) is 1. The van der Waals surface area contributed by atoms with E-state index in [0.717, 1.165) is 5.56 Å². The number of phenols is 1. The molecular formula is C10H11ClO. The van der Waals surface area contributed by atoms with Gasteiger partial charge in [0.1, 0.15) is 5.75 Å². The summed E-state index contributed by atoms with van der Waals surface area (Å²) in [5, 5.41) is 10.2. The van der Waals surface area contributed by atoms with E-state index in [9.17, 15) is 5.11 Å². The third-order valence-electron chi connectivity index (χ3n) is 1.70. The van der Waals surface area contributed by atoms with Crippen molar-refractivity contribution in [1.82, 2.24) is 0 Å². The Morgan fingerprint density at radius 1 is 1.42 bits per heavy atom. The molecular weight excluding hydrogens is 172 g/mol. The lowest BCUT2D eigenvalue weighted by Gasteiger charge is -2.04. The van der Waals surface area contributed by atoms with Crippen LogP contribution >= 0.6 is 11.6 Å². The number of rotatable bonds is 1. The van der Waals surface area contributed by atoms with Crippen molar-refractivity contribution in [2.75, 3.05) is 0 Å². The molecule has 0 aromatic heterocycles. The molecule has 1 rings (SSSR count). The summed E-state index contributed by atoms with van der Waals surface area (Å²) in [7, 11) is 0. The van der Waals surface area contributed by atoms with E-state index in [4.69, 9.17) is 11.6 Å². The van der Waals surface area contributed by atoms with Crippen molar-refractivity contribution >= 4 is 17.7 Å². The lowest BCUT2D eigenvalue weighted by atomic mass is 10.1. The molecule has 1 aromatic carbocycles. The number of phenolic OH excluding ortho intramolecular Hbond substituents is 1. The van der Waals surface area contributed by atoms with Crippen LogP contribution < -0.4 is 0 Å². The monoisotopic (exact) mass is 182 g/mol. The molecule has 0 bridgehead atoms. The molecule has 2 heteroatoms. The SMILES string of the molecule is C/C=C/c1c(Cl)ccc(C)c1O. The Kier molecular flexibility index (Phi) is 2.77. The predicted molar refractivity (Wildman–Crippen MR) is 52.6 cm³/mol. The Morgan fingerprint density at radius 2 is 2.08 bits per heavy atom. The maximum atomic E-state index is 9.57. The molecule has 0 aliphatic heterocycles. The van der Waals surface area contributed by atoms with Crippen LogP contribution in [0.15, 0.2) is 18.2 Å². The summed E-state index contributed by atoms with van der Waals surface area (Å²) in [5.74, 6) is 0.264. The van der Waals surface area contributed by atoms with Crippen LogP contribution in [0, 0.1) is 6.92 Å². The zero-order valence-corrected chi connectivity index (χ0v) is 7.89. The van der Waals surface area contributed by atoms with Crippen molar-refractivity contribution in [1.29, 1.82) is 0 Å². The molecule has 0 saturated heterocycles. The van der Waals surface area contributed by atoms with E-state index in [-0.39, 0.29) is 5.75 Å². The average Bonchev–Trinajstić information content (AvgIpc) is 2.06. The van der Waals surface area contributed by atoms with Crippen LogP contribution in [0.1, 0.15) is 18.1 Å². The minimum absolute atomic E-state index is 0.264. The third-order valence-corrected chi connectivity index (χ3v) is 2.03. The zero-order chi connectivity index (χ0) is 9.14. The number of halogens is 1. The van der Waals surface area contributed by atoms with E-state index < -0.39 is 0 Å². The van der Waals surface area contributed by atoms with Crippen LogP contribution in [0.5, 0.6) is 5.75 Å². The van der Waals surface area contributed by atoms with Gasteiger partial charge in [0.25, 0.3) is 0 Å². The second kappa shape index (κ2) is 3.63. The standard InChI is InChI=1S/C10H11ClO/c1-3-4-8-9(11)6-5-7(2)10(8)12/h3-6,12H,1-2H3/b4-3+. The first kappa shape index (κ1) is 9.14. The summed E-state index contributed by atoms with van der Waals surface area (Å²) in [6, 6.07) is 3.58. The number of allylic oxidation sites excluding steroid dienone is 1. The summed E-state index contributed by atoms with van der Waals surface area (Å²) >= 11 is 5.87. The third kappa shape index (κ3) is 1.62. The van der Waals surface area contributed by atoms with Crippen LogP contribution in [0.2, 0.25) is 5.02 Å². The molecule has 0 heterocycles. The molecule has 1 nitrogen and oxygen atoms in total. The van der Waals surface area contributed by atoms with Gasteiger partial charge in [-0.3, -0.25) is 0 Å². The van der Waals surface area contributed by atoms with E-state index in [0.29, 0.717) is 10.6 Å². The van der Waals surface area contributed by atoms with Crippen LogP contribution in [0.3, 0.4) is 0 Å². The molecule has 0 unspecified atom stereocenters. The van der Waals surface area contributed by atoms with Crippen molar-refractivity contribution in [3.63, 3.8) is 0 Å². The highest BCUT2D eigenvalue weighted by Gasteiger charge is 2.04. The van der Waals surface area contributed by atoms with Crippen LogP contribution in [-0.4, -0.2) is 5.11 Å². The van der Waals surface area contributed by atoms with E-state index >= 15 is 0 Å². The summed E-state index contributed by atoms with van der Waals surface area (Å²) in [4.78, 5) is 0. The average molecular weight is 183 g/mol. The molecule has 64 valence electrons. The Bertz CT molecular complexity index is 316. The molecule has 0 fully saturated rings. The van der Waals surface area contributed by atoms with E-state index in [1.165, 1.54) is 0 Å². The summed E-state index contributed by atoms with van der Waals surface area (Å²) in [6.07, 6.45) is 3.64. The molecule has 0 aliphatic carbocycles. The van der Waals surface area contributed by atoms with Gasteiger partial charge in [-0.05, 0) is 25.5 Å². The molecule has 0 spiro atoms. The lowest BCUT2D eigenvalue weighted by molar-refractivity contribution is 0.470.